The molecule has 0 saturated carbocycles. The highest BCUT2D eigenvalue weighted by atomic mass is 79.9. The molecule has 0 unspecified atom stereocenters. The molecule has 1 N–H and O–H groups in total. The molecule has 0 spiro atoms. The monoisotopic (exact) mass is 452 g/mol. The van der Waals surface area contributed by atoms with Gasteiger partial charge in [0.05, 0.1) is 17.7 Å². The van der Waals surface area contributed by atoms with Crippen molar-refractivity contribution in [1.82, 2.24) is 9.88 Å². The zero-order valence-electron chi connectivity index (χ0n) is 13.9. The van der Waals surface area contributed by atoms with Crippen LogP contribution in [-0.4, -0.2) is 17.1 Å². The van der Waals surface area contributed by atoms with Crippen LogP contribution in [-0.2, 0) is 7.05 Å². The smallest absolute Gasteiger partial charge is 0.268 e. The van der Waals surface area contributed by atoms with Crippen molar-refractivity contribution in [2.75, 3.05) is 6.61 Å². The molecule has 2 heterocycles. The second-order valence-electron chi connectivity index (χ2n) is 6.23. The van der Waals surface area contributed by atoms with Gasteiger partial charge in [0.15, 0.2) is 0 Å². The van der Waals surface area contributed by atoms with Crippen LogP contribution in [0.4, 0.5) is 0 Å². The third-order valence-corrected chi connectivity index (χ3v) is 6.15. The Labute approximate surface area is 169 Å². The number of ether oxygens (including phenoxy) is 1. The first-order chi connectivity index (χ1) is 12.5. The Balaban J connectivity index is 1.66. The fourth-order valence-electron chi connectivity index (χ4n) is 3.31. The van der Waals surface area contributed by atoms with Gasteiger partial charge >= 0.3 is 0 Å². The molecule has 26 heavy (non-hydrogen) atoms. The number of aromatic nitrogens is 1. The SMILES string of the molecule is Cn1c(C(=O)N[C@@H]2CCOc3c2ccc(Br)c3Cl)cc2ccc(Cl)cc21. The third-order valence-electron chi connectivity index (χ3n) is 4.65. The average molecular weight is 454 g/mol. The summed E-state index contributed by atoms with van der Waals surface area (Å²) in [6, 6.07) is 11.1. The molecule has 0 fully saturated rings. The van der Waals surface area contributed by atoms with Crippen LogP contribution in [0.2, 0.25) is 10.0 Å². The first kappa shape index (κ1) is 17.7. The van der Waals surface area contributed by atoms with Crippen molar-refractivity contribution in [2.45, 2.75) is 12.5 Å². The molecular weight excluding hydrogens is 439 g/mol. The largest absolute Gasteiger partial charge is 0.492 e. The minimum atomic E-state index is -0.154. The lowest BCUT2D eigenvalue weighted by Gasteiger charge is -2.27. The van der Waals surface area contributed by atoms with Gasteiger partial charge in [0.2, 0.25) is 0 Å². The van der Waals surface area contributed by atoms with Gasteiger partial charge in [0.1, 0.15) is 11.4 Å². The Bertz CT molecular complexity index is 1030. The summed E-state index contributed by atoms with van der Waals surface area (Å²) in [7, 11) is 1.86. The number of aryl methyl sites for hydroxylation is 1. The summed E-state index contributed by atoms with van der Waals surface area (Å²) >= 11 is 15.8. The van der Waals surface area contributed by atoms with E-state index >= 15 is 0 Å². The fraction of sp³-hybridized carbons (Fsp3) is 0.211. The van der Waals surface area contributed by atoms with E-state index in [-0.39, 0.29) is 11.9 Å². The number of rotatable bonds is 2. The lowest BCUT2D eigenvalue weighted by molar-refractivity contribution is 0.0917. The van der Waals surface area contributed by atoms with Crippen molar-refractivity contribution in [3.05, 3.63) is 62.2 Å². The number of fused-ring (bicyclic) bond motifs is 2. The molecule has 1 atom stereocenters. The van der Waals surface area contributed by atoms with Gasteiger partial charge in [-0.3, -0.25) is 4.79 Å². The molecular formula is C19H15BrCl2N2O2. The van der Waals surface area contributed by atoms with Crippen molar-refractivity contribution in [3.63, 3.8) is 0 Å². The number of hydrogen-bond acceptors (Lipinski definition) is 2. The molecule has 1 aliphatic heterocycles. The molecule has 4 nitrogen and oxygen atoms in total. The second-order valence-corrected chi connectivity index (χ2v) is 7.90. The number of nitrogens with one attached hydrogen (secondary N) is 1. The van der Waals surface area contributed by atoms with Gasteiger partial charge in [-0.15, -0.1) is 0 Å². The van der Waals surface area contributed by atoms with Crippen LogP contribution in [0.15, 0.2) is 40.9 Å². The van der Waals surface area contributed by atoms with E-state index in [0.717, 1.165) is 20.9 Å². The minimum Gasteiger partial charge on any atom is -0.492 e. The van der Waals surface area contributed by atoms with Crippen LogP contribution in [0.1, 0.15) is 28.5 Å². The number of benzene rings is 2. The number of hydrogen-bond donors (Lipinski definition) is 1. The maximum absolute atomic E-state index is 12.9. The topological polar surface area (TPSA) is 43.3 Å². The molecule has 3 aromatic rings. The Kier molecular flexibility index (Phi) is 4.63. The number of halogens is 3. The minimum absolute atomic E-state index is 0.142. The number of carbonyl (C=O) groups is 1. The maximum atomic E-state index is 12.9. The summed E-state index contributed by atoms with van der Waals surface area (Å²) in [6.07, 6.45) is 0.687. The van der Waals surface area contributed by atoms with Crippen LogP contribution >= 0.6 is 39.1 Å². The average Bonchev–Trinajstić information content (AvgIpc) is 2.95. The van der Waals surface area contributed by atoms with Crippen molar-refractivity contribution in [3.8, 4) is 5.75 Å². The van der Waals surface area contributed by atoms with Crippen LogP contribution in [0.5, 0.6) is 5.75 Å². The van der Waals surface area contributed by atoms with Gasteiger partial charge in [0.25, 0.3) is 5.91 Å². The second kappa shape index (κ2) is 6.80. The van der Waals surface area contributed by atoms with Gasteiger partial charge in [-0.25, -0.2) is 0 Å². The molecule has 1 aromatic heterocycles. The summed E-state index contributed by atoms with van der Waals surface area (Å²) in [6.45, 7) is 0.499. The zero-order valence-corrected chi connectivity index (χ0v) is 17.0. The molecule has 1 aliphatic rings. The summed E-state index contributed by atoms with van der Waals surface area (Å²) in [5.74, 6) is 0.484. The third kappa shape index (κ3) is 2.98. The lowest BCUT2D eigenvalue weighted by atomic mass is 10.0. The number of amides is 1. The van der Waals surface area contributed by atoms with Crippen molar-refractivity contribution in [1.29, 1.82) is 0 Å². The summed E-state index contributed by atoms with van der Waals surface area (Å²) in [4.78, 5) is 12.9. The first-order valence-electron chi connectivity index (χ1n) is 8.12. The van der Waals surface area contributed by atoms with Gasteiger partial charge < -0.3 is 14.6 Å². The predicted octanol–water partition coefficient (Wildman–Crippen LogP) is 5.50. The molecule has 2 aromatic carbocycles. The standard InChI is InChI=1S/C19H15BrCl2N2O2/c1-24-15-9-11(21)3-2-10(15)8-16(24)19(25)23-14-6-7-26-18-12(14)4-5-13(20)17(18)22/h2-5,8-9,14H,6-7H2,1H3,(H,23,25)/t14-/m1/s1. The Hall–Kier alpha value is -1.69. The van der Waals surface area contributed by atoms with Crippen molar-refractivity contribution >= 4 is 55.9 Å². The highest BCUT2D eigenvalue weighted by Gasteiger charge is 2.27. The number of nitrogens with zero attached hydrogens (tertiary/aromatic N) is 1. The van der Waals surface area contributed by atoms with Crippen LogP contribution in [0, 0.1) is 0 Å². The molecule has 7 heteroatoms. The van der Waals surface area contributed by atoms with Crippen molar-refractivity contribution in [2.24, 2.45) is 7.05 Å². The molecule has 4 rings (SSSR count). The normalized spacial score (nSPS) is 16.2. The Morgan fingerprint density at radius 2 is 2.08 bits per heavy atom. The maximum Gasteiger partial charge on any atom is 0.268 e. The van der Waals surface area contributed by atoms with E-state index in [1.807, 2.05) is 48.0 Å². The van der Waals surface area contributed by atoms with E-state index in [1.165, 1.54) is 0 Å². The van der Waals surface area contributed by atoms with Crippen LogP contribution in [0.3, 0.4) is 0 Å². The summed E-state index contributed by atoms with van der Waals surface area (Å²) in [5.41, 5.74) is 2.39. The molecule has 1 amide bonds. The van der Waals surface area contributed by atoms with Gasteiger partial charge in [-0.2, -0.15) is 0 Å². The van der Waals surface area contributed by atoms with E-state index in [0.29, 0.717) is 34.5 Å². The van der Waals surface area contributed by atoms with E-state index in [1.54, 1.807) is 0 Å². The van der Waals surface area contributed by atoms with E-state index in [9.17, 15) is 4.79 Å². The van der Waals surface area contributed by atoms with E-state index < -0.39 is 0 Å². The summed E-state index contributed by atoms with van der Waals surface area (Å²) in [5, 5.41) is 5.25. The Morgan fingerprint density at radius 3 is 2.88 bits per heavy atom. The molecule has 0 bridgehead atoms. The van der Waals surface area contributed by atoms with E-state index in [2.05, 4.69) is 21.2 Å². The number of carbonyl (C=O) groups excluding carboxylic acids is 1. The fourth-order valence-corrected chi connectivity index (χ4v) is 4.01. The van der Waals surface area contributed by atoms with Crippen molar-refractivity contribution < 1.29 is 9.53 Å². The lowest BCUT2D eigenvalue weighted by Crippen LogP contribution is -2.33. The summed E-state index contributed by atoms with van der Waals surface area (Å²) < 4.78 is 8.33. The van der Waals surface area contributed by atoms with Crippen LogP contribution < -0.4 is 10.1 Å². The molecule has 0 radical (unpaired) electrons. The first-order valence-corrected chi connectivity index (χ1v) is 9.67. The Morgan fingerprint density at radius 1 is 1.27 bits per heavy atom. The zero-order chi connectivity index (χ0) is 18.4. The molecule has 0 aliphatic carbocycles. The van der Waals surface area contributed by atoms with Crippen LogP contribution in [0.25, 0.3) is 10.9 Å². The highest BCUT2D eigenvalue weighted by Crippen LogP contribution is 2.41. The molecule has 0 saturated heterocycles. The van der Waals surface area contributed by atoms with E-state index in [4.69, 9.17) is 27.9 Å². The van der Waals surface area contributed by atoms with Gasteiger partial charge in [-0.05, 0) is 40.2 Å². The van der Waals surface area contributed by atoms with Gasteiger partial charge in [-0.1, -0.05) is 35.3 Å². The van der Waals surface area contributed by atoms with Gasteiger partial charge in [0, 0.05) is 39.4 Å². The quantitative estimate of drug-likeness (QED) is 0.556. The predicted molar refractivity (Wildman–Crippen MR) is 107 cm³/mol. The highest BCUT2D eigenvalue weighted by molar-refractivity contribution is 9.10. The molecule has 134 valence electrons.